The van der Waals surface area contributed by atoms with Crippen LogP contribution in [-0.2, 0) is 15.9 Å². The first-order valence-corrected chi connectivity index (χ1v) is 16.4. The zero-order valence-electron chi connectivity index (χ0n) is 29.0. The minimum absolute atomic E-state index is 0.0815. The van der Waals surface area contributed by atoms with E-state index < -0.39 is 11.4 Å². The Bertz CT molecular complexity index is 1370. The monoisotopic (exact) mass is 641 g/mol. The molecule has 1 heterocycles. The lowest BCUT2D eigenvalue weighted by molar-refractivity contribution is 0.00749. The summed E-state index contributed by atoms with van der Waals surface area (Å²) in [5.41, 5.74) is 1.58. The molecule has 1 N–H and O–H groups in total. The molecule has 3 rings (SSSR count). The predicted molar refractivity (Wildman–Crippen MR) is 178 cm³/mol. The highest BCUT2D eigenvalue weighted by atomic mass is 19.1. The second-order valence-corrected chi connectivity index (χ2v) is 13.4. The number of benzene rings is 2. The Morgan fingerprint density at radius 2 is 1.78 bits per heavy atom. The van der Waals surface area contributed by atoms with Crippen LogP contribution in [-0.4, -0.2) is 84.8 Å². The van der Waals surface area contributed by atoms with Gasteiger partial charge in [0.15, 0.2) is 0 Å². The average Bonchev–Trinajstić information content (AvgIpc) is 2.98. The fraction of sp³-hybridized carbons (Fsp3) is 0.583. The van der Waals surface area contributed by atoms with Crippen molar-refractivity contribution in [2.45, 2.75) is 105 Å². The molecule has 0 aromatic heterocycles. The first kappa shape index (κ1) is 36.8. The number of carbonyl (C=O) groups excluding carboxylic acids is 3. The summed E-state index contributed by atoms with van der Waals surface area (Å²) in [5, 5.41) is 2.85. The molecule has 9 nitrogen and oxygen atoms in total. The SMILES string of the molecule is CCc1cc(-c2cc(C(=O)NC(C)C)ccc2F)c(OCCCOC)cc1C(=O)N(C(C)C)C1CCCN(C(=O)OC(C)(C)C)C1. The molecule has 2 aromatic rings. The van der Waals surface area contributed by atoms with Crippen molar-refractivity contribution in [2.75, 3.05) is 33.4 Å². The molecular weight excluding hydrogens is 589 g/mol. The van der Waals surface area contributed by atoms with Gasteiger partial charge in [0.25, 0.3) is 11.8 Å². The number of rotatable bonds is 12. The van der Waals surface area contributed by atoms with Crippen LogP contribution in [0, 0.1) is 5.82 Å². The van der Waals surface area contributed by atoms with E-state index in [1.165, 1.54) is 18.2 Å². The number of amides is 3. The Balaban J connectivity index is 2.07. The number of nitrogens with zero attached hydrogens (tertiary/aromatic N) is 2. The van der Waals surface area contributed by atoms with Crippen molar-refractivity contribution in [2.24, 2.45) is 0 Å². The molecule has 0 radical (unpaired) electrons. The Labute approximate surface area is 273 Å². The fourth-order valence-corrected chi connectivity index (χ4v) is 5.69. The van der Waals surface area contributed by atoms with Gasteiger partial charge in [-0.25, -0.2) is 9.18 Å². The van der Waals surface area contributed by atoms with E-state index in [4.69, 9.17) is 14.2 Å². The Morgan fingerprint density at radius 1 is 1.07 bits per heavy atom. The lowest BCUT2D eigenvalue weighted by atomic mass is 9.93. The maximum Gasteiger partial charge on any atom is 0.410 e. The Morgan fingerprint density at radius 3 is 2.39 bits per heavy atom. The third-order valence-corrected chi connectivity index (χ3v) is 7.74. The van der Waals surface area contributed by atoms with Gasteiger partial charge < -0.3 is 29.3 Å². The van der Waals surface area contributed by atoms with Crippen LogP contribution in [0.3, 0.4) is 0 Å². The van der Waals surface area contributed by atoms with E-state index in [1.807, 2.05) is 60.3 Å². The van der Waals surface area contributed by atoms with E-state index in [2.05, 4.69) is 5.32 Å². The maximum atomic E-state index is 15.5. The molecule has 1 fully saturated rings. The molecule has 1 saturated heterocycles. The number of carbonyl (C=O) groups is 3. The van der Waals surface area contributed by atoms with Crippen LogP contribution in [0.4, 0.5) is 9.18 Å². The number of nitrogens with one attached hydrogen (secondary N) is 1. The Hall–Kier alpha value is -3.66. The van der Waals surface area contributed by atoms with E-state index in [9.17, 15) is 14.4 Å². The van der Waals surface area contributed by atoms with E-state index in [0.717, 1.165) is 18.4 Å². The van der Waals surface area contributed by atoms with Crippen LogP contribution in [0.1, 0.15) is 101 Å². The number of ether oxygens (including phenoxy) is 3. The molecule has 46 heavy (non-hydrogen) atoms. The third-order valence-electron chi connectivity index (χ3n) is 7.74. The molecule has 1 atom stereocenters. The molecule has 3 amide bonds. The number of hydrogen-bond acceptors (Lipinski definition) is 6. The second-order valence-electron chi connectivity index (χ2n) is 13.4. The van der Waals surface area contributed by atoms with E-state index in [0.29, 0.717) is 55.0 Å². The number of halogens is 1. The lowest BCUT2D eigenvalue weighted by Crippen LogP contribution is -2.54. The van der Waals surface area contributed by atoms with Gasteiger partial charge in [-0.2, -0.15) is 0 Å². The summed E-state index contributed by atoms with van der Waals surface area (Å²) in [6.45, 7) is 16.8. The van der Waals surface area contributed by atoms with Crippen LogP contribution in [0.15, 0.2) is 30.3 Å². The average molecular weight is 642 g/mol. The minimum atomic E-state index is -0.619. The minimum Gasteiger partial charge on any atom is -0.493 e. The standard InChI is InChI=1S/C36H52FN3O6/c1-10-25-19-30(29-20-26(14-15-31(29)37)33(41)38-23(2)3)32(45-18-12-17-44-9)21-28(25)34(42)40(24(4)5)27-13-11-16-39(22-27)35(43)46-36(6,7)8/h14-15,19-21,23-24,27H,10-13,16-18,22H2,1-9H3,(H,38,41). The van der Waals surface area contributed by atoms with Gasteiger partial charge in [0.2, 0.25) is 0 Å². The summed E-state index contributed by atoms with van der Waals surface area (Å²) >= 11 is 0. The van der Waals surface area contributed by atoms with E-state index >= 15 is 4.39 Å². The molecule has 0 aliphatic carbocycles. The summed E-state index contributed by atoms with van der Waals surface area (Å²) in [7, 11) is 1.61. The van der Waals surface area contributed by atoms with Crippen molar-refractivity contribution in [1.29, 1.82) is 0 Å². The van der Waals surface area contributed by atoms with Gasteiger partial charge in [-0.15, -0.1) is 0 Å². The van der Waals surface area contributed by atoms with Crippen LogP contribution in [0.25, 0.3) is 11.1 Å². The molecule has 0 bridgehead atoms. The van der Waals surface area contributed by atoms with Crippen molar-refractivity contribution in [3.8, 4) is 16.9 Å². The molecule has 0 spiro atoms. The molecular formula is C36H52FN3O6. The van der Waals surface area contributed by atoms with E-state index in [-0.39, 0.29) is 48.2 Å². The van der Waals surface area contributed by atoms with Gasteiger partial charge in [0, 0.05) is 67.6 Å². The predicted octanol–water partition coefficient (Wildman–Crippen LogP) is 6.86. The van der Waals surface area contributed by atoms with Crippen LogP contribution in [0.2, 0.25) is 0 Å². The molecule has 0 saturated carbocycles. The lowest BCUT2D eigenvalue weighted by Gasteiger charge is -2.42. The van der Waals surface area contributed by atoms with Crippen molar-refractivity contribution < 1.29 is 33.0 Å². The summed E-state index contributed by atoms with van der Waals surface area (Å²) < 4.78 is 32.5. The number of likely N-dealkylation sites (tertiary alicyclic amines) is 1. The van der Waals surface area contributed by atoms with Crippen molar-refractivity contribution in [1.82, 2.24) is 15.1 Å². The van der Waals surface area contributed by atoms with Gasteiger partial charge >= 0.3 is 6.09 Å². The summed E-state index contributed by atoms with van der Waals surface area (Å²) in [4.78, 5) is 43.7. The van der Waals surface area contributed by atoms with Gasteiger partial charge in [0.1, 0.15) is 17.2 Å². The second kappa shape index (κ2) is 16.3. The highest BCUT2D eigenvalue weighted by Gasteiger charge is 2.35. The van der Waals surface area contributed by atoms with Crippen molar-refractivity contribution >= 4 is 17.9 Å². The quantitative estimate of drug-likeness (QED) is 0.255. The normalized spacial score (nSPS) is 15.2. The first-order valence-electron chi connectivity index (χ1n) is 16.4. The molecule has 1 aliphatic heterocycles. The number of piperidine rings is 1. The number of aryl methyl sites for hydroxylation is 1. The van der Waals surface area contributed by atoms with Gasteiger partial charge in [0.05, 0.1) is 12.6 Å². The first-order chi connectivity index (χ1) is 21.7. The number of methoxy groups -OCH3 is 1. The van der Waals surface area contributed by atoms with Gasteiger partial charge in [-0.3, -0.25) is 9.59 Å². The zero-order valence-corrected chi connectivity index (χ0v) is 29.0. The van der Waals surface area contributed by atoms with Crippen LogP contribution >= 0.6 is 0 Å². The summed E-state index contributed by atoms with van der Waals surface area (Å²) in [5.74, 6) is -0.638. The fourth-order valence-electron chi connectivity index (χ4n) is 5.69. The summed E-state index contributed by atoms with van der Waals surface area (Å²) in [6, 6.07) is 7.32. The van der Waals surface area contributed by atoms with Gasteiger partial charge in [-0.1, -0.05) is 6.92 Å². The topological polar surface area (TPSA) is 97.4 Å². The third kappa shape index (κ3) is 9.67. The molecule has 1 aliphatic rings. The summed E-state index contributed by atoms with van der Waals surface area (Å²) in [6.07, 6.45) is 2.21. The number of hydrogen-bond donors (Lipinski definition) is 1. The highest BCUT2D eigenvalue weighted by Crippen LogP contribution is 2.37. The Kier molecular flexibility index (Phi) is 13.0. The molecule has 254 valence electrons. The maximum absolute atomic E-state index is 15.5. The highest BCUT2D eigenvalue weighted by molar-refractivity contribution is 5.99. The molecule has 1 unspecified atom stereocenters. The van der Waals surface area contributed by atoms with Crippen LogP contribution in [0.5, 0.6) is 5.75 Å². The molecule has 2 aromatic carbocycles. The smallest absolute Gasteiger partial charge is 0.410 e. The zero-order chi connectivity index (χ0) is 34.2. The van der Waals surface area contributed by atoms with Crippen molar-refractivity contribution in [3.05, 3.63) is 52.8 Å². The van der Waals surface area contributed by atoms with E-state index in [1.54, 1.807) is 24.1 Å². The largest absolute Gasteiger partial charge is 0.493 e. The van der Waals surface area contributed by atoms with Crippen molar-refractivity contribution in [3.63, 3.8) is 0 Å². The van der Waals surface area contributed by atoms with Gasteiger partial charge in [-0.05, 0) is 104 Å². The molecule has 10 heteroatoms. The van der Waals surface area contributed by atoms with Crippen LogP contribution < -0.4 is 10.1 Å².